The van der Waals surface area contributed by atoms with E-state index in [-0.39, 0.29) is 38.8 Å². The van der Waals surface area contributed by atoms with Crippen LogP contribution in [0.1, 0.15) is 26.7 Å². The third kappa shape index (κ3) is 8.57. The van der Waals surface area contributed by atoms with Crippen LogP contribution in [0.5, 0.6) is 0 Å². The monoisotopic (exact) mass is 218 g/mol. The maximum Gasteiger partial charge on any atom is 0.293 e. The Balaban J connectivity index is 0. The molecule has 2 nitrogen and oxygen atoms in total. The van der Waals surface area contributed by atoms with Crippen LogP contribution in [0.15, 0.2) is 0 Å². The first-order valence-electron chi connectivity index (χ1n) is 3.22. The molecule has 0 aromatic carbocycles. The van der Waals surface area contributed by atoms with Crippen molar-refractivity contribution in [2.24, 2.45) is 0 Å². The van der Waals surface area contributed by atoms with E-state index in [1.807, 2.05) is 6.92 Å². The quantitative estimate of drug-likeness (QED) is 0.517. The normalized spacial score (nSPS) is 11.4. The fraction of sp³-hybridized carbons (Fsp3) is 0.714. The number of ether oxygens (including phenoxy) is 1. The predicted octanol–water partition coefficient (Wildman–Crippen LogP) is 1.55. The SMILES string of the molecule is CC[CH-]CC(C)OC=O.[Y]. The molecular weight excluding hydrogens is 205 g/mol. The van der Waals surface area contributed by atoms with E-state index in [1.165, 1.54) is 0 Å². The molecule has 0 aromatic heterocycles. The molecule has 0 aliphatic rings. The van der Waals surface area contributed by atoms with Crippen LogP contribution < -0.4 is 0 Å². The van der Waals surface area contributed by atoms with Crippen LogP contribution in [-0.4, -0.2) is 12.6 Å². The Morgan fingerprint density at radius 3 is 2.70 bits per heavy atom. The smallest absolute Gasteiger partial charge is 0.293 e. The summed E-state index contributed by atoms with van der Waals surface area (Å²) in [4.78, 5) is 9.74. The maximum atomic E-state index is 9.74. The van der Waals surface area contributed by atoms with Crippen molar-refractivity contribution in [3.05, 3.63) is 6.42 Å². The van der Waals surface area contributed by atoms with Gasteiger partial charge < -0.3 is 11.2 Å². The Labute approximate surface area is 87.6 Å². The van der Waals surface area contributed by atoms with Gasteiger partial charge in [0.2, 0.25) is 0 Å². The summed E-state index contributed by atoms with van der Waals surface area (Å²) in [5.74, 6) is 0. The summed E-state index contributed by atoms with van der Waals surface area (Å²) >= 11 is 0. The van der Waals surface area contributed by atoms with Gasteiger partial charge in [0.15, 0.2) is 0 Å². The van der Waals surface area contributed by atoms with E-state index in [4.69, 9.17) is 0 Å². The van der Waals surface area contributed by atoms with Gasteiger partial charge in [0.1, 0.15) is 0 Å². The van der Waals surface area contributed by atoms with Crippen LogP contribution >= 0.6 is 0 Å². The van der Waals surface area contributed by atoms with Crippen LogP contribution in [0.3, 0.4) is 0 Å². The third-order valence-electron chi connectivity index (χ3n) is 1.08. The van der Waals surface area contributed by atoms with Crippen molar-refractivity contribution in [3.63, 3.8) is 0 Å². The summed E-state index contributed by atoms with van der Waals surface area (Å²) in [6.07, 6.45) is 4.03. The van der Waals surface area contributed by atoms with Crippen molar-refractivity contribution < 1.29 is 42.2 Å². The average Bonchev–Trinajstić information content (AvgIpc) is 1.85. The second-order valence-electron chi connectivity index (χ2n) is 1.98. The Morgan fingerprint density at radius 2 is 2.30 bits per heavy atom. The molecule has 1 radical (unpaired) electrons. The number of rotatable bonds is 5. The van der Waals surface area contributed by atoms with Crippen molar-refractivity contribution in [1.82, 2.24) is 0 Å². The second kappa shape index (κ2) is 9.57. The van der Waals surface area contributed by atoms with E-state index in [9.17, 15) is 4.79 Å². The molecule has 3 heteroatoms. The standard InChI is InChI=1S/C7H13O2.Y/c1-3-4-5-7(2)9-6-8;/h4,6-7H,3,5H2,1-2H3;/q-1;. The molecular formula is C7H13O2Y-. The largest absolute Gasteiger partial charge is 0.468 e. The van der Waals surface area contributed by atoms with E-state index >= 15 is 0 Å². The molecule has 0 spiro atoms. The molecule has 0 fully saturated rings. The first kappa shape index (κ1) is 13.2. The molecule has 1 atom stereocenters. The molecule has 10 heavy (non-hydrogen) atoms. The van der Waals surface area contributed by atoms with Crippen molar-refractivity contribution in [3.8, 4) is 0 Å². The van der Waals surface area contributed by atoms with Gasteiger partial charge in [0, 0.05) is 32.7 Å². The van der Waals surface area contributed by atoms with Gasteiger partial charge >= 0.3 is 0 Å². The summed E-state index contributed by atoms with van der Waals surface area (Å²) in [6.45, 7) is 4.43. The fourth-order valence-electron chi connectivity index (χ4n) is 0.552. The van der Waals surface area contributed by atoms with Crippen LogP contribution in [0.2, 0.25) is 0 Å². The van der Waals surface area contributed by atoms with Gasteiger partial charge in [-0.25, -0.2) is 0 Å². The number of carbonyl (C=O) groups is 1. The van der Waals surface area contributed by atoms with Gasteiger partial charge in [-0.3, -0.25) is 4.79 Å². The van der Waals surface area contributed by atoms with Crippen molar-refractivity contribution in [2.45, 2.75) is 32.8 Å². The Morgan fingerprint density at radius 1 is 1.70 bits per heavy atom. The third-order valence-corrected chi connectivity index (χ3v) is 1.08. The predicted molar refractivity (Wildman–Crippen MR) is 35.8 cm³/mol. The van der Waals surface area contributed by atoms with Gasteiger partial charge in [0.25, 0.3) is 6.47 Å². The molecule has 0 aromatic rings. The topological polar surface area (TPSA) is 26.3 Å². The van der Waals surface area contributed by atoms with E-state index in [2.05, 4.69) is 18.1 Å². The zero-order chi connectivity index (χ0) is 7.11. The zero-order valence-corrected chi connectivity index (χ0v) is 9.38. The summed E-state index contributed by atoms with van der Waals surface area (Å²) in [5, 5.41) is 0. The van der Waals surface area contributed by atoms with Gasteiger partial charge in [-0.1, -0.05) is 6.92 Å². The molecule has 0 N–H and O–H groups in total. The fourth-order valence-corrected chi connectivity index (χ4v) is 0.552. The van der Waals surface area contributed by atoms with Gasteiger partial charge in [0.05, 0.1) is 6.10 Å². The molecule has 57 valence electrons. The molecule has 0 saturated heterocycles. The van der Waals surface area contributed by atoms with Crippen molar-refractivity contribution in [1.29, 1.82) is 0 Å². The summed E-state index contributed by atoms with van der Waals surface area (Å²) < 4.78 is 4.63. The van der Waals surface area contributed by atoms with E-state index < -0.39 is 0 Å². The van der Waals surface area contributed by atoms with Crippen LogP contribution in [0.25, 0.3) is 0 Å². The Bertz CT molecular complexity index is 76.0. The Hall–Kier alpha value is 0.574. The maximum absolute atomic E-state index is 9.74. The molecule has 0 aliphatic carbocycles. The van der Waals surface area contributed by atoms with Crippen LogP contribution in [-0.2, 0) is 42.2 Å². The first-order valence-corrected chi connectivity index (χ1v) is 3.22. The van der Waals surface area contributed by atoms with E-state index in [0.29, 0.717) is 6.47 Å². The average molecular weight is 218 g/mol. The number of unbranched alkanes of at least 4 members (excludes halogenated alkanes) is 1. The molecule has 0 heterocycles. The number of hydrogen-bond donors (Lipinski definition) is 0. The van der Waals surface area contributed by atoms with Gasteiger partial charge in [-0.05, 0) is 6.92 Å². The van der Waals surface area contributed by atoms with Crippen molar-refractivity contribution in [2.75, 3.05) is 0 Å². The Kier molecular flexibility index (Phi) is 12.6. The minimum Gasteiger partial charge on any atom is -0.468 e. The number of hydrogen-bond acceptors (Lipinski definition) is 2. The summed E-state index contributed by atoms with van der Waals surface area (Å²) in [7, 11) is 0. The summed E-state index contributed by atoms with van der Waals surface area (Å²) in [5.41, 5.74) is 0. The van der Waals surface area contributed by atoms with E-state index in [1.54, 1.807) is 0 Å². The molecule has 0 saturated carbocycles. The second-order valence-corrected chi connectivity index (χ2v) is 1.98. The van der Waals surface area contributed by atoms with Crippen LogP contribution in [0.4, 0.5) is 0 Å². The minimum absolute atomic E-state index is 0. The minimum atomic E-state index is 0. The first-order chi connectivity index (χ1) is 4.31. The molecule has 0 aliphatic heterocycles. The molecule has 1 unspecified atom stereocenters. The van der Waals surface area contributed by atoms with Gasteiger partial charge in [-0.2, -0.15) is 6.42 Å². The zero-order valence-electron chi connectivity index (χ0n) is 6.54. The molecule has 0 amide bonds. The number of carbonyl (C=O) groups excluding carboxylic acids is 1. The van der Waals surface area contributed by atoms with E-state index in [0.717, 1.165) is 12.8 Å². The molecule has 0 rings (SSSR count). The van der Waals surface area contributed by atoms with Crippen molar-refractivity contribution >= 4 is 6.47 Å². The van der Waals surface area contributed by atoms with Crippen LogP contribution in [0, 0.1) is 6.42 Å². The summed E-state index contributed by atoms with van der Waals surface area (Å²) in [6, 6.07) is 0. The molecule has 0 bridgehead atoms. The van der Waals surface area contributed by atoms with Gasteiger partial charge in [-0.15, -0.1) is 6.42 Å².